The third-order valence-corrected chi connectivity index (χ3v) is 7.87. The number of rotatable bonds is 3. The van der Waals surface area contributed by atoms with Crippen molar-refractivity contribution in [1.82, 2.24) is 9.91 Å². The fraction of sp³-hybridized carbons (Fsp3) is 0.259. The third-order valence-electron chi connectivity index (χ3n) is 7.38. The molecule has 1 amide bonds. The van der Waals surface area contributed by atoms with E-state index >= 15 is 0 Å². The van der Waals surface area contributed by atoms with Crippen LogP contribution in [0.25, 0.3) is 0 Å². The van der Waals surface area contributed by atoms with Crippen molar-refractivity contribution in [2.75, 3.05) is 18.8 Å². The molecule has 1 fully saturated rings. The summed E-state index contributed by atoms with van der Waals surface area (Å²) in [6, 6.07) is 20.0. The van der Waals surface area contributed by atoms with Crippen LogP contribution >= 0.6 is 15.9 Å². The van der Waals surface area contributed by atoms with Crippen molar-refractivity contribution >= 4 is 38.9 Å². The SMILES string of the molecule is Nc1ccc(C2=NN3C(C2)c2ccc(Br)cc2OC32CCN(C(=O)c3ccccc3)CC2)cc1[N+](=O)[O-]. The Balaban J connectivity index is 1.34. The Morgan fingerprint density at radius 2 is 1.86 bits per heavy atom. The van der Waals surface area contributed by atoms with Gasteiger partial charge in [0.15, 0.2) is 0 Å². The second-order valence-electron chi connectivity index (χ2n) is 9.53. The van der Waals surface area contributed by atoms with Crippen molar-refractivity contribution in [3.63, 3.8) is 0 Å². The van der Waals surface area contributed by atoms with E-state index in [2.05, 4.69) is 15.9 Å². The topological polar surface area (TPSA) is 114 Å². The molecule has 3 heterocycles. The highest BCUT2D eigenvalue weighted by atomic mass is 79.9. The number of hydrazone groups is 1. The van der Waals surface area contributed by atoms with E-state index in [1.54, 1.807) is 12.1 Å². The lowest BCUT2D eigenvalue weighted by Gasteiger charge is -2.51. The highest BCUT2D eigenvalue weighted by Crippen LogP contribution is 2.50. The van der Waals surface area contributed by atoms with Crippen molar-refractivity contribution in [3.8, 4) is 5.75 Å². The van der Waals surface area contributed by atoms with Crippen LogP contribution in [0.4, 0.5) is 11.4 Å². The van der Waals surface area contributed by atoms with E-state index in [9.17, 15) is 14.9 Å². The Morgan fingerprint density at radius 1 is 1.11 bits per heavy atom. The lowest BCUT2D eigenvalue weighted by atomic mass is 9.90. The normalized spacial score (nSPS) is 19.6. The number of benzene rings is 3. The molecule has 10 heteroatoms. The smallest absolute Gasteiger partial charge is 0.292 e. The Labute approximate surface area is 221 Å². The van der Waals surface area contributed by atoms with Gasteiger partial charge in [0.2, 0.25) is 5.72 Å². The minimum atomic E-state index is -0.729. The lowest BCUT2D eigenvalue weighted by Crippen LogP contribution is -2.59. The van der Waals surface area contributed by atoms with Gasteiger partial charge in [-0.2, -0.15) is 5.10 Å². The molecule has 0 saturated carbocycles. The van der Waals surface area contributed by atoms with Crippen LogP contribution in [0.15, 0.2) is 76.3 Å². The maximum Gasteiger partial charge on any atom is 0.292 e. The zero-order chi connectivity index (χ0) is 25.7. The number of anilines is 1. The average molecular weight is 562 g/mol. The van der Waals surface area contributed by atoms with Gasteiger partial charge in [-0.3, -0.25) is 14.9 Å². The van der Waals surface area contributed by atoms with Crippen molar-refractivity contribution in [2.45, 2.75) is 31.0 Å². The van der Waals surface area contributed by atoms with Gasteiger partial charge in [-0.15, -0.1) is 0 Å². The second-order valence-corrected chi connectivity index (χ2v) is 10.4. The number of halogens is 1. The fourth-order valence-corrected chi connectivity index (χ4v) is 5.80. The summed E-state index contributed by atoms with van der Waals surface area (Å²) in [5, 5.41) is 18.5. The summed E-state index contributed by atoms with van der Waals surface area (Å²) in [4.78, 5) is 25.9. The average Bonchev–Trinajstić information content (AvgIpc) is 3.36. The molecular formula is C27H24BrN5O4. The van der Waals surface area contributed by atoms with Crippen LogP contribution in [-0.4, -0.2) is 45.3 Å². The van der Waals surface area contributed by atoms with Crippen molar-refractivity contribution in [3.05, 3.63) is 98.0 Å². The number of hydrogen-bond donors (Lipinski definition) is 1. The van der Waals surface area contributed by atoms with Gasteiger partial charge < -0.3 is 15.4 Å². The molecule has 3 aliphatic rings. The van der Waals surface area contributed by atoms with Crippen molar-refractivity contribution < 1.29 is 14.5 Å². The summed E-state index contributed by atoms with van der Waals surface area (Å²) in [6.07, 6.45) is 1.73. The number of nitrogens with two attached hydrogens (primary N) is 1. The van der Waals surface area contributed by atoms with Crippen LogP contribution in [0, 0.1) is 10.1 Å². The maximum atomic E-state index is 13.1. The van der Waals surface area contributed by atoms with E-state index in [1.807, 2.05) is 58.4 Å². The molecule has 6 rings (SSSR count). The molecule has 2 N–H and O–H groups in total. The van der Waals surface area contributed by atoms with E-state index in [0.29, 0.717) is 43.5 Å². The number of amides is 1. The first-order chi connectivity index (χ1) is 17.8. The number of fused-ring (bicyclic) bond motifs is 4. The Bertz CT molecular complexity index is 1440. The molecule has 1 unspecified atom stereocenters. The molecule has 1 atom stereocenters. The van der Waals surface area contributed by atoms with Crippen molar-refractivity contribution in [2.24, 2.45) is 5.10 Å². The van der Waals surface area contributed by atoms with Gasteiger partial charge in [0.05, 0.1) is 16.7 Å². The standard InChI is InChI=1S/C27H24BrN5O4/c28-19-7-8-20-23-16-22(18-6-9-21(29)24(14-18)33(35)36)30-32(23)27(37-25(20)15-19)10-12-31(13-11-27)26(34)17-4-2-1-3-5-17/h1-9,14-15,23H,10-13,16,29H2. The van der Waals surface area contributed by atoms with Crippen LogP contribution in [0.3, 0.4) is 0 Å². The molecule has 9 nitrogen and oxygen atoms in total. The number of ether oxygens (including phenoxy) is 1. The minimum absolute atomic E-state index is 0.00532. The van der Waals surface area contributed by atoms with Crippen molar-refractivity contribution in [1.29, 1.82) is 0 Å². The highest BCUT2D eigenvalue weighted by molar-refractivity contribution is 9.10. The molecular weight excluding hydrogens is 538 g/mol. The van der Waals surface area contributed by atoms with Crippen LogP contribution < -0.4 is 10.5 Å². The molecule has 3 aliphatic heterocycles. The van der Waals surface area contributed by atoms with Gasteiger partial charge in [0.1, 0.15) is 11.4 Å². The first-order valence-electron chi connectivity index (χ1n) is 12.1. The summed E-state index contributed by atoms with van der Waals surface area (Å²) >= 11 is 3.56. The predicted octanol–water partition coefficient (Wildman–Crippen LogP) is 5.12. The van der Waals surface area contributed by atoms with E-state index in [-0.39, 0.29) is 23.3 Å². The molecule has 0 bridgehead atoms. The molecule has 0 radical (unpaired) electrons. The van der Waals surface area contributed by atoms with Crippen LogP contribution in [-0.2, 0) is 0 Å². The quantitative estimate of drug-likeness (QED) is 0.270. The molecule has 0 aliphatic carbocycles. The second kappa shape index (κ2) is 8.88. The number of nitro groups is 1. The molecule has 3 aromatic rings. The first-order valence-corrected chi connectivity index (χ1v) is 12.9. The van der Waals surface area contributed by atoms with E-state index in [4.69, 9.17) is 15.6 Å². The summed E-state index contributed by atoms with van der Waals surface area (Å²) in [5.41, 5.74) is 8.18. The van der Waals surface area contributed by atoms with E-state index < -0.39 is 10.6 Å². The number of nitro benzene ring substituents is 1. The van der Waals surface area contributed by atoms with Gasteiger partial charge >= 0.3 is 0 Å². The number of hydrogen-bond acceptors (Lipinski definition) is 7. The third kappa shape index (κ3) is 4.01. The van der Waals surface area contributed by atoms with Crippen LogP contribution in [0.2, 0.25) is 0 Å². The van der Waals surface area contributed by atoms with E-state index in [0.717, 1.165) is 21.5 Å². The monoisotopic (exact) mass is 561 g/mol. The number of carbonyl (C=O) groups excluding carboxylic acids is 1. The molecule has 3 aromatic carbocycles. The molecule has 188 valence electrons. The van der Waals surface area contributed by atoms with Gasteiger partial charge in [-0.25, -0.2) is 5.01 Å². The van der Waals surface area contributed by atoms with Gasteiger partial charge in [0.25, 0.3) is 11.6 Å². The summed E-state index contributed by atoms with van der Waals surface area (Å²) in [7, 11) is 0. The van der Waals surface area contributed by atoms with Crippen LogP contribution in [0.5, 0.6) is 5.75 Å². The molecule has 37 heavy (non-hydrogen) atoms. The Kier molecular flexibility index (Phi) is 5.63. The van der Waals surface area contributed by atoms with Crippen LogP contribution in [0.1, 0.15) is 46.8 Å². The van der Waals surface area contributed by atoms with Gasteiger partial charge in [-0.05, 0) is 30.3 Å². The number of nitrogen functional groups attached to an aromatic ring is 1. The summed E-state index contributed by atoms with van der Waals surface area (Å²) < 4.78 is 7.59. The maximum absolute atomic E-state index is 13.1. The number of likely N-dealkylation sites (tertiary alicyclic amines) is 1. The zero-order valence-corrected chi connectivity index (χ0v) is 21.4. The van der Waals surface area contributed by atoms with E-state index in [1.165, 1.54) is 6.07 Å². The molecule has 1 spiro atoms. The van der Waals surface area contributed by atoms with Gasteiger partial charge in [-0.1, -0.05) is 46.3 Å². The Hall–Kier alpha value is -3.92. The number of carbonyl (C=O) groups is 1. The lowest BCUT2D eigenvalue weighted by molar-refractivity contribution is -0.383. The number of nitrogens with zero attached hydrogens (tertiary/aromatic N) is 4. The first kappa shape index (κ1) is 23.5. The predicted molar refractivity (Wildman–Crippen MR) is 142 cm³/mol. The largest absolute Gasteiger partial charge is 0.466 e. The molecule has 0 aromatic heterocycles. The minimum Gasteiger partial charge on any atom is -0.466 e. The Morgan fingerprint density at radius 3 is 2.59 bits per heavy atom. The molecule has 1 saturated heterocycles. The summed E-state index contributed by atoms with van der Waals surface area (Å²) in [5.74, 6) is 0.795. The number of piperidine rings is 1. The summed E-state index contributed by atoms with van der Waals surface area (Å²) in [6.45, 7) is 1.05. The fourth-order valence-electron chi connectivity index (χ4n) is 5.46. The zero-order valence-electron chi connectivity index (χ0n) is 19.8. The highest BCUT2D eigenvalue weighted by Gasteiger charge is 2.52. The van der Waals surface area contributed by atoms with Gasteiger partial charge in [0, 0.05) is 59.6 Å².